The van der Waals surface area contributed by atoms with Gasteiger partial charge in [-0.25, -0.2) is 4.40 Å². The molecule has 2 aromatic heterocycles. The number of pyridine rings is 1. The van der Waals surface area contributed by atoms with Crippen molar-refractivity contribution < 1.29 is 0 Å². The number of nitrogens with zero attached hydrogens (tertiary/aromatic N) is 1. The van der Waals surface area contributed by atoms with Crippen LogP contribution in [0.2, 0.25) is 0 Å². The van der Waals surface area contributed by atoms with Gasteiger partial charge in [0.2, 0.25) is 0 Å². The lowest BCUT2D eigenvalue weighted by Crippen LogP contribution is -2.28. The molecule has 0 atom stereocenters. The van der Waals surface area contributed by atoms with Gasteiger partial charge in [-0.3, -0.25) is 9.59 Å². The molecule has 0 spiro atoms. The Bertz CT molecular complexity index is 711. The zero-order valence-electron chi connectivity index (χ0n) is 11.4. The third-order valence-electron chi connectivity index (χ3n) is 4.04. The summed E-state index contributed by atoms with van der Waals surface area (Å²) in [6.07, 6.45) is 4.36. The first-order valence-electron chi connectivity index (χ1n) is 7.19. The minimum Gasteiger partial charge on any atom is -0.345 e. The second-order valence-electron chi connectivity index (χ2n) is 5.45. The topological polar surface area (TPSA) is 66.4 Å². The van der Waals surface area contributed by atoms with E-state index in [1.54, 1.807) is 18.2 Å². The van der Waals surface area contributed by atoms with E-state index in [1.807, 2.05) is 0 Å². The molecule has 3 heterocycles. The smallest absolute Gasteiger partial charge is 0.260 e. The number of nitrogens with one attached hydrogen (secondary N) is 2. The van der Waals surface area contributed by atoms with Gasteiger partial charge in [0.1, 0.15) is 5.65 Å². The van der Waals surface area contributed by atoms with Gasteiger partial charge in [-0.15, -0.1) is 0 Å². The van der Waals surface area contributed by atoms with Crippen LogP contribution in [0.4, 0.5) is 0 Å². The van der Waals surface area contributed by atoms with Crippen molar-refractivity contribution in [2.75, 3.05) is 13.1 Å². The number of rotatable bonds is 3. The first-order valence-corrected chi connectivity index (χ1v) is 7.19. The van der Waals surface area contributed by atoms with Crippen LogP contribution in [0.15, 0.2) is 33.9 Å². The van der Waals surface area contributed by atoms with Crippen LogP contribution in [0.1, 0.15) is 25.0 Å². The van der Waals surface area contributed by atoms with Gasteiger partial charge >= 0.3 is 0 Å². The van der Waals surface area contributed by atoms with E-state index in [9.17, 15) is 9.59 Å². The van der Waals surface area contributed by atoms with Crippen LogP contribution in [0.3, 0.4) is 0 Å². The van der Waals surface area contributed by atoms with E-state index in [1.165, 1.54) is 23.3 Å². The molecule has 0 amide bonds. The van der Waals surface area contributed by atoms with E-state index in [2.05, 4.69) is 10.3 Å². The minimum atomic E-state index is -0.284. The average Bonchev–Trinajstić information content (AvgIpc) is 2.46. The minimum absolute atomic E-state index is 0.246. The summed E-state index contributed by atoms with van der Waals surface area (Å²) in [5, 5.41) is 3.36. The van der Waals surface area contributed by atoms with Gasteiger partial charge in [-0.05, 0) is 50.8 Å². The van der Waals surface area contributed by atoms with E-state index in [0.29, 0.717) is 5.65 Å². The number of aryl methyl sites for hydroxylation is 1. The van der Waals surface area contributed by atoms with E-state index in [4.69, 9.17) is 0 Å². The summed E-state index contributed by atoms with van der Waals surface area (Å²) in [4.78, 5) is 26.9. The van der Waals surface area contributed by atoms with Crippen molar-refractivity contribution in [3.8, 4) is 0 Å². The summed E-state index contributed by atoms with van der Waals surface area (Å²) in [5.74, 6) is 0.731. The van der Waals surface area contributed by atoms with Crippen molar-refractivity contribution in [2.45, 2.75) is 25.7 Å². The molecule has 1 aliphatic rings. The maximum Gasteiger partial charge on any atom is 0.260 e. The standard InChI is InChI=1S/C15H19N3O2/c19-14-3-1-2-13-17-12(10-15(20)18(13)14)5-4-11-6-8-16-9-7-11/h1-3,10-11,16-17H,4-9H2. The number of piperidine rings is 1. The average molecular weight is 273 g/mol. The Morgan fingerprint density at radius 3 is 2.75 bits per heavy atom. The van der Waals surface area contributed by atoms with Crippen LogP contribution in [-0.4, -0.2) is 22.5 Å². The number of hydrogen-bond donors (Lipinski definition) is 2. The molecule has 20 heavy (non-hydrogen) atoms. The van der Waals surface area contributed by atoms with Crippen LogP contribution in [0, 0.1) is 5.92 Å². The Balaban J connectivity index is 1.82. The van der Waals surface area contributed by atoms with E-state index < -0.39 is 0 Å². The molecule has 3 rings (SSSR count). The van der Waals surface area contributed by atoms with Crippen LogP contribution in [-0.2, 0) is 6.42 Å². The zero-order valence-corrected chi connectivity index (χ0v) is 11.4. The van der Waals surface area contributed by atoms with Gasteiger partial charge in [0, 0.05) is 17.8 Å². The summed E-state index contributed by atoms with van der Waals surface area (Å²) < 4.78 is 1.17. The number of hydrogen-bond acceptors (Lipinski definition) is 3. The lowest BCUT2D eigenvalue weighted by Gasteiger charge is -2.22. The highest BCUT2D eigenvalue weighted by Gasteiger charge is 2.13. The second-order valence-corrected chi connectivity index (χ2v) is 5.45. The van der Waals surface area contributed by atoms with Crippen molar-refractivity contribution >= 4 is 5.65 Å². The van der Waals surface area contributed by atoms with Gasteiger partial charge < -0.3 is 10.3 Å². The highest BCUT2D eigenvalue weighted by atomic mass is 16.2. The molecule has 0 saturated carbocycles. The predicted molar refractivity (Wildman–Crippen MR) is 78.2 cm³/mol. The molecule has 5 nitrogen and oxygen atoms in total. The molecule has 1 aliphatic heterocycles. The molecule has 1 saturated heterocycles. The SMILES string of the molecule is O=c1cccc2[nH]c(CCC3CCNCC3)cc(=O)n12. The fourth-order valence-corrected chi connectivity index (χ4v) is 2.89. The molecule has 0 radical (unpaired) electrons. The monoisotopic (exact) mass is 273 g/mol. The molecule has 0 bridgehead atoms. The number of aromatic nitrogens is 2. The summed E-state index contributed by atoms with van der Waals surface area (Å²) >= 11 is 0. The highest BCUT2D eigenvalue weighted by molar-refractivity contribution is 5.38. The van der Waals surface area contributed by atoms with Crippen molar-refractivity contribution in [3.05, 3.63) is 50.7 Å². The van der Waals surface area contributed by atoms with E-state index in [-0.39, 0.29) is 11.1 Å². The first kappa shape index (κ1) is 13.1. The molecule has 0 aliphatic carbocycles. The Labute approximate surface area is 116 Å². The zero-order chi connectivity index (χ0) is 13.9. The molecule has 5 heteroatoms. The Morgan fingerprint density at radius 2 is 1.95 bits per heavy atom. The van der Waals surface area contributed by atoms with Crippen molar-refractivity contribution in [2.24, 2.45) is 5.92 Å². The van der Waals surface area contributed by atoms with Crippen molar-refractivity contribution in [1.82, 2.24) is 14.7 Å². The maximum atomic E-state index is 12.0. The van der Waals surface area contributed by atoms with E-state index >= 15 is 0 Å². The van der Waals surface area contributed by atoms with Crippen LogP contribution in [0.5, 0.6) is 0 Å². The van der Waals surface area contributed by atoms with Gasteiger partial charge in [0.05, 0.1) is 0 Å². The number of H-pyrrole nitrogens is 1. The van der Waals surface area contributed by atoms with Crippen LogP contribution in [0.25, 0.3) is 5.65 Å². The van der Waals surface area contributed by atoms with Crippen LogP contribution < -0.4 is 16.4 Å². The fourth-order valence-electron chi connectivity index (χ4n) is 2.89. The highest BCUT2D eigenvalue weighted by Crippen LogP contribution is 2.17. The number of aromatic amines is 1. The molecular formula is C15H19N3O2. The second kappa shape index (κ2) is 5.63. The van der Waals surface area contributed by atoms with Gasteiger partial charge in [-0.2, -0.15) is 0 Å². The molecule has 106 valence electrons. The van der Waals surface area contributed by atoms with Crippen LogP contribution >= 0.6 is 0 Å². The normalized spacial score (nSPS) is 16.6. The quantitative estimate of drug-likeness (QED) is 0.874. The Hall–Kier alpha value is -1.88. The third-order valence-corrected chi connectivity index (χ3v) is 4.04. The summed E-state index contributed by atoms with van der Waals surface area (Å²) in [6, 6.07) is 6.38. The fraction of sp³-hybridized carbons (Fsp3) is 0.467. The Kier molecular flexibility index (Phi) is 3.69. The van der Waals surface area contributed by atoms with E-state index in [0.717, 1.165) is 37.5 Å². The van der Waals surface area contributed by atoms with Crippen molar-refractivity contribution in [1.29, 1.82) is 0 Å². The van der Waals surface area contributed by atoms with Gasteiger partial charge in [0.25, 0.3) is 11.1 Å². The summed E-state index contributed by atoms with van der Waals surface area (Å²) in [7, 11) is 0. The third kappa shape index (κ3) is 2.67. The Morgan fingerprint density at radius 1 is 1.15 bits per heavy atom. The largest absolute Gasteiger partial charge is 0.345 e. The molecule has 0 aromatic carbocycles. The lowest BCUT2D eigenvalue weighted by atomic mass is 9.92. The van der Waals surface area contributed by atoms with Gasteiger partial charge in [-0.1, -0.05) is 6.07 Å². The summed E-state index contributed by atoms with van der Waals surface area (Å²) in [5.41, 5.74) is 0.961. The van der Waals surface area contributed by atoms with Gasteiger partial charge in [0.15, 0.2) is 0 Å². The molecule has 0 unspecified atom stereocenters. The maximum absolute atomic E-state index is 12.0. The number of fused-ring (bicyclic) bond motifs is 1. The summed E-state index contributed by atoms with van der Waals surface area (Å²) in [6.45, 7) is 2.18. The molecule has 2 N–H and O–H groups in total. The predicted octanol–water partition coefficient (Wildman–Crippen LogP) is 0.920. The first-order chi connectivity index (χ1) is 9.74. The molecule has 1 fully saturated rings. The molecule has 2 aromatic rings. The molecular weight excluding hydrogens is 254 g/mol. The lowest BCUT2D eigenvalue weighted by molar-refractivity contribution is 0.353. The van der Waals surface area contributed by atoms with Crippen molar-refractivity contribution in [3.63, 3.8) is 0 Å².